The van der Waals surface area contributed by atoms with Gasteiger partial charge in [-0.05, 0) is 0 Å². The zero-order valence-electron chi connectivity index (χ0n) is 6.73. The molecule has 0 aromatic rings. The number of halogens is 1. The fourth-order valence-corrected chi connectivity index (χ4v) is 3.89. The summed E-state index contributed by atoms with van der Waals surface area (Å²) in [5, 5.41) is 0. The van der Waals surface area contributed by atoms with Gasteiger partial charge in [0.25, 0.3) is 0 Å². The van der Waals surface area contributed by atoms with Crippen molar-refractivity contribution in [3.63, 3.8) is 0 Å². The quantitative estimate of drug-likeness (QED) is 0.668. The van der Waals surface area contributed by atoms with E-state index in [0.29, 0.717) is 0 Å². The average Bonchev–Trinajstić information content (AvgIpc) is 2.60. The number of hydrogen-bond donors (Lipinski definition) is 0. The largest absolute Gasteiger partial charge is 0.147 e. The van der Waals surface area contributed by atoms with Crippen LogP contribution >= 0.6 is 12.4 Å². The van der Waals surface area contributed by atoms with Crippen LogP contribution < -0.4 is 0 Å². The second-order valence-corrected chi connectivity index (χ2v) is 6.07. The molecule has 0 saturated heterocycles. The predicted octanol–water partition coefficient (Wildman–Crippen LogP) is 3.18. The first kappa shape index (κ1) is 10.1. The van der Waals surface area contributed by atoms with Crippen LogP contribution in [0.4, 0.5) is 0 Å². The molecule has 2 rings (SSSR count). The Morgan fingerprint density at radius 2 is 1.42 bits per heavy atom. The zero-order valence-corrected chi connectivity index (χ0v) is 9.75. The molecule has 0 bridgehead atoms. The van der Waals surface area contributed by atoms with Crippen molar-refractivity contribution in [3.05, 3.63) is 44.0 Å². The summed E-state index contributed by atoms with van der Waals surface area (Å²) >= 11 is -0.136. The van der Waals surface area contributed by atoms with E-state index in [1.807, 2.05) is 0 Å². The van der Waals surface area contributed by atoms with E-state index >= 15 is 0 Å². The molecule has 0 unspecified atom stereocenters. The van der Waals surface area contributed by atoms with E-state index in [1.54, 1.807) is 7.58 Å². The Labute approximate surface area is 88.8 Å². The average molecular weight is 260 g/mol. The Morgan fingerprint density at radius 3 is 1.75 bits per heavy atom. The predicted molar refractivity (Wildman–Crippen MR) is 50.9 cm³/mol. The second kappa shape index (κ2) is 4.88. The molecular formula is C10H11ClNb. The molecule has 0 aliphatic heterocycles. The summed E-state index contributed by atoms with van der Waals surface area (Å²) in [7, 11) is 0. The molecule has 0 atom stereocenters. The molecule has 63 valence electrons. The van der Waals surface area contributed by atoms with Gasteiger partial charge in [-0.25, -0.2) is 0 Å². The van der Waals surface area contributed by atoms with Crippen molar-refractivity contribution in [2.75, 3.05) is 0 Å². The third kappa shape index (κ3) is 2.49. The summed E-state index contributed by atoms with van der Waals surface area (Å²) < 4.78 is 3.41. The van der Waals surface area contributed by atoms with E-state index in [4.69, 9.17) is 0 Å². The van der Waals surface area contributed by atoms with Crippen molar-refractivity contribution in [1.29, 1.82) is 0 Å². The molecule has 2 aliphatic rings. The van der Waals surface area contributed by atoms with Crippen LogP contribution in [0.25, 0.3) is 0 Å². The van der Waals surface area contributed by atoms with Gasteiger partial charge in [0.15, 0.2) is 0 Å². The van der Waals surface area contributed by atoms with Gasteiger partial charge < -0.3 is 0 Å². The van der Waals surface area contributed by atoms with Crippen LogP contribution in [0.1, 0.15) is 12.8 Å². The third-order valence-corrected chi connectivity index (χ3v) is 4.83. The fourth-order valence-electron chi connectivity index (χ4n) is 1.22. The molecule has 0 spiro atoms. The molecule has 0 nitrogen and oxygen atoms in total. The normalized spacial score (nSPS) is 18.7. The van der Waals surface area contributed by atoms with Gasteiger partial charge in [0, 0.05) is 0 Å². The standard InChI is InChI=1S/2C5H5.ClH.Nb/c2*1-2-4-5-3-1;;/h2*1-3H,4H2;1H;. The smallest absolute Gasteiger partial charge is 0.147 e. The maximum atomic E-state index is 2.30. The van der Waals surface area contributed by atoms with Crippen molar-refractivity contribution in [1.82, 2.24) is 0 Å². The van der Waals surface area contributed by atoms with E-state index in [0.717, 1.165) is 0 Å². The second-order valence-electron chi connectivity index (χ2n) is 2.69. The first-order chi connectivity index (χ1) is 5.45. The fraction of sp³-hybridized carbons (Fsp3) is 0.200. The molecule has 0 fully saturated rings. The molecule has 0 heterocycles. The van der Waals surface area contributed by atoms with E-state index in [-0.39, 0.29) is 32.2 Å². The van der Waals surface area contributed by atoms with E-state index < -0.39 is 0 Å². The van der Waals surface area contributed by atoms with Crippen LogP contribution in [-0.2, 0) is 19.8 Å². The number of allylic oxidation sites excluding steroid dienone is 8. The van der Waals surface area contributed by atoms with Crippen LogP contribution in [0.3, 0.4) is 0 Å². The SMILES string of the molecule is C1=CC[C]([Nb][C]2=CC=CC2)=C1.Cl. The molecule has 0 aromatic carbocycles. The maximum absolute atomic E-state index is 2.30. The first-order valence-corrected chi connectivity index (χ1v) is 6.08. The Bertz CT molecular complexity index is 244. The summed E-state index contributed by atoms with van der Waals surface area (Å²) in [5.41, 5.74) is 0. The van der Waals surface area contributed by atoms with E-state index in [1.165, 1.54) is 12.8 Å². The Kier molecular flexibility index (Phi) is 4.10. The summed E-state index contributed by atoms with van der Waals surface area (Å²) in [6.07, 6.45) is 16.0. The summed E-state index contributed by atoms with van der Waals surface area (Å²) in [4.78, 5) is 0. The monoisotopic (exact) mass is 259 g/mol. The molecule has 0 N–H and O–H groups in total. The minimum atomic E-state index is -0.136. The molecule has 0 amide bonds. The molecule has 2 heteroatoms. The van der Waals surface area contributed by atoms with Gasteiger partial charge in [-0.15, -0.1) is 12.4 Å². The van der Waals surface area contributed by atoms with Crippen LogP contribution in [-0.4, -0.2) is 0 Å². The van der Waals surface area contributed by atoms with E-state index in [2.05, 4.69) is 36.5 Å². The van der Waals surface area contributed by atoms with Crippen molar-refractivity contribution >= 4 is 12.4 Å². The zero-order chi connectivity index (χ0) is 7.52. The molecule has 12 heavy (non-hydrogen) atoms. The van der Waals surface area contributed by atoms with Gasteiger partial charge >= 0.3 is 76.6 Å². The first-order valence-electron chi connectivity index (χ1n) is 3.88. The molecule has 0 aromatic heterocycles. The van der Waals surface area contributed by atoms with Crippen molar-refractivity contribution in [2.24, 2.45) is 0 Å². The topological polar surface area (TPSA) is 0 Å². The molecule has 0 radical (unpaired) electrons. The van der Waals surface area contributed by atoms with Gasteiger partial charge in [-0.2, -0.15) is 0 Å². The van der Waals surface area contributed by atoms with Crippen LogP contribution in [0.2, 0.25) is 0 Å². The number of rotatable bonds is 2. The van der Waals surface area contributed by atoms with E-state index in [9.17, 15) is 0 Å². The van der Waals surface area contributed by atoms with Gasteiger partial charge in [-0.1, -0.05) is 0 Å². The van der Waals surface area contributed by atoms with Crippen LogP contribution in [0, 0.1) is 0 Å². The molecule has 2 aliphatic carbocycles. The van der Waals surface area contributed by atoms with Crippen molar-refractivity contribution in [3.8, 4) is 0 Å². The minimum absolute atomic E-state index is 0. The Morgan fingerprint density at radius 1 is 0.917 bits per heavy atom. The summed E-state index contributed by atoms with van der Waals surface area (Å²) in [5.74, 6) is 0. The van der Waals surface area contributed by atoms with Crippen molar-refractivity contribution < 1.29 is 19.8 Å². The van der Waals surface area contributed by atoms with Gasteiger partial charge in [0.2, 0.25) is 0 Å². The molecule has 0 saturated carbocycles. The minimum Gasteiger partial charge on any atom is -0.147 e. The van der Waals surface area contributed by atoms with Crippen LogP contribution in [0.15, 0.2) is 44.0 Å². The molecular weight excluding hydrogens is 248 g/mol. The van der Waals surface area contributed by atoms with Gasteiger partial charge in [0.1, 0.15) is 0 Å². The summed E-state index contributed by atoms with van der Waals surface area (Å²) in [6.45, 7) is 0. The van der Waals surface area contributed by atoms with Gasteiger partial charge in [0.05, 0.1) is 0 Å². The Balaban J connectivity index is 0.000000720. The van der Waals surface area contributed by atoms with Crippen molar-refractivity contribution in [2.45, 2.75) is 12.8 Å². The van der Waals surface area contributed by atoms with Crippen LogP contribution in [0.5, 0.6) is 0 Å². The maximum Gasteiger partial charge on any atom is -0.147 e. The Hall–Kier alpha value is -0.00974. The number of hydrogen-bond acceptors (Lipinski definition) is 0. The van der Waals surface area contributed by atoms with Gasteiger partial charge in [-0.3, -0.25) is 0 Å². The summed E-state index contributed by atoms with van der Waals surface area (Å²) in [6, 6.07) is 0. The third-order valence-electron chi connectivity index (χ3n) is 1.79.